The molecule has 0 unspecified atom stereocenters. The summed E-state index contributed by atoms with van der Waals surface area (Å²) < 4.78 is 0. The van der Waals surface area contributed by atoms with Crippen molar-refractivity contribution in [2.24, 2.45) is 0 Å². The average molecular weight is 200 g/mol. The zero-order valence-corrected chi connectivity index (χ0v) is 8.74. The lowest BCUT2D eigenvalue weighted by atomic mass is 10.1. The summed E-state index contributed by atoms with van der Waals surface area (Å²) in [5.74, 6) is 0.640. The summed E-state index contributed by atoms with van der Waals surface area (Å²) in [6, 6.07) is 9.42. The fourth-order valence-corrected chi connectivity index (χ4v) is 1.58. The van der Waals surface area contributed by atoms with E-state index in [0.29, 0.717) is 5.82 Å². The lowest BCUT2D eigenvalue weighted by Crippen LogP contribution is -2.08. The Morgan fingerprint density at radius 1 is 1.20 bits per heavy atom. The van der Waals surface area contributed by atoms with Crippen LogP contribution in [0.25, 0.3) is 11.3 Å². The highest BCUT2D eigenvalue weighted by atomic mass is 16.1. The van der Waals surface area contributed by atoms with Crippen molar-refractivity contribution in [1.29, 1.82) is 0 Å². The fraction of sp³-hybridized carbons (Fsp3) is 0.167. The molecule has 0 bridgehead atoms. The van der Waals surface area contributed by atoms with E-state index in [2.05, 4.69) is 9.97 Å². The van der Waals surface area contributed by atoms with Gasteiger partial charge in [-0.25, -0.2) is 4.98 Å². The molecule has 0 aliphatic rings. The molecule has 0 saturated carbocycles. The molecule has 0 radical (unpaired) electrons. The quantitative estimate of drug-likeness (QED) is 0.765. The minimum atomic E-state index is -0.110. The molecule has 0 spiro atoms. The summed E-state index contributed by atoms with van der Waals surface area (Å²) in [5, 5.41) is 0. The van der Waals surface area contributed by atoms with Crippen LogP contribution in [0.15, 0.2) is 35.1 Å². The molecular weight excluding hydrogens is 188 g/mol. The Balaban J connectivity index is 2.64. The number of rotatable bonds is 1. The monoisotopic (exact) mass is 200 g/mol. The smallest absolute Gasteiger partial charge is 0.251 e. The highest BCUT2D eigenvalue weighted by Crippen LogP contribution is 2.19. The molecule has 0 aliphatic carbocycles. The first-order valence-electron chi connectivity index (χ1n) is 4.81. The molecular formula is C12H12N2O. The Morgan fingerprint density at radius 2 is 1.93 bits per heavy atom. The van der Waals surface area contributed by atoms with Crippen molar-refractivity contribution in [2.75, 3.05) is 0 Å². The van der Waals surface area contributed by atoms with Crippen LogP contribution in [0.2, 0.25) is 0 Å². The standard InChI is InChI=1S/C12H12N2O/c1-8-5-3-4-6-10(8)11-7-12(15)14-9(2)13-11/h3-7H,1-2H3,(H,13,14,15). The van der Waals surface area contributed by atoms with Crippen molar-refractivity contribution in [2.45, 2.75) is 13.8 Å². The van der Waals surface area contributed by atoms with Gasteiger partial charge in [-0.05, 0) is 19.4 Å². The van der Waals surface area contributed by atoms with E-state index in [0.717, 1.165) is 16.8 Å². The molecule has 0 atom stereocenters. The predicted octanol–water partition coefficient (Wildman–Crippen LogP) is 2.05. The summed E-state index contributed by atoms with van der Waals surface area (Å²) in [4.78, 5) is 18.2. The Kier molecular flexibility index (Phi) is 2.37. The average Bonchev–Trinajstić information content (AvgIpc) is 2.16. The van der Waals surface area contributed by atoms with Crippen molar-refractivity contribution < 1.29 is 0 Å². The van der Waals surface area contributed by atoms with Crippen molar-refractivity contribution in [3.05, 3.63) is 52.1 Å². The van der Waals surface area contributed by atoms with Gasteiger partial charge in [0.25, 0.3) is 5.56 Å². The third-order valence-corrected chi connectivity index (χ3v) is 2.28. The molecule has 1 N–H and O–H groups in total. The van der Waals surface area contributed by atoms with Gasteiger partial charge in [0.05, 0.1) is 5.69 Å². The lowest BCUT2D eigenvalue weighted by Gasteiger charge is -2.04. The highest BCUT2D eigenvalue weighted by molar-refractivity contribution is 5.62. The molecule has 15 heavy (non-hydrogen) atoms. The van der Waals surface area contributed by atoms with Gasteiger partial charge in [0, 0.05) is 11.6 Å². The third kappa shape index (κ3) is 1.96. The number of nitrogens with zero attached hydrogens (tertiary/aromatic N) is 1. The van der Waals surface area contributed by atoms with Crippen LogP contribution in [-0.4, -0.2) is 9.97 Å². The van der Waals surface area contributed by atoms with Crippen molar-refractivity contribution in [1.82, 2.24) is 9.97 Å². The molecule has 1 aromatic carbocycles. The molecule has 2 rings (SSSR count). The molecule has 0 saturated heterocycles. The summed E-state index contributed by atoms with van der Waals surface area (Å²) in [7, 11) is 0. The van der Waals surface area contributed by atoms with Gasteiger partial charge >= 0.3 is 0 Å². The summed E-state index contributed by atoms with van der Waals surface area (Å²) in [6.45, 7) is 3.79. The highest BCUT2D eigenvalue weighted by Gasteiger charge is 2.03. The largest absolute Gasteiger partial charge is 0.311 e. The normalized spacial score (nSPS) is 10.3. The minimum Gasteiger partial charge on any atom is -0.311 e. The van der Waals surface area contributed by atoms with Crippen LogP contribution in [0, 0.1) is 13.8 Å². The molecule has 2 aromatic rings. The van der Waals surface area contributed by atoms with Crippen LogP contribution in [0.3, 0.4) is 0 Å². The maximum atomic E-state index is 11.3. The van der Waals surface area contributed by atoms with Gasteiger partial charge in [0.15, 0.2) is 0 Å². The second-order valence-corrected chi connectivity index (χ2v) is 3.53. The van der Waals surface area contributed by atoms with E-state index >= 15 is 0 Å². The van der Waals surface area contributed by atoms with E-state index in [1.807, 2.05) is 31.2 Å². The Morgan fingerprint density at radius 3 is 2.60 bits per heavy atom. The SMILES string of the molecule is Cc1nc(-c2ccccc2C)cc(=O)[nH]1. The second-order valence-electron chi connectivity index (χ2n) is 3.53. The van der Waals surface area contributed by atoms with E-state index < -0.39 is 0 Å². The molecule has 0 amide bonds. The molecule has 3 nitrogen and oxygen atoms in total. The number of hydrogen-bond donors (Lipinski definition) is 1. The molecule has 1 heterocycles. The van der Waals surface area contributed by atoms with Crippen molar-refractivity contribution in [3.8, 4) is 11.3 Å². The zero-order valence-electron chi connectivity index (χ0n) is 8.74. The van der Waals surface area contributed by atoms with Crippen LogP contribution in [-0.2, 0) is 0 Å². The van der Waals surface area contributed by atoms with Gasteiger partial charge in [-0.15, -0.1) is 0 Å². The van der Waals surface area contributed by atoms with Crippen LogP contribution >= 0.6 is 0 Å². The van der Waals surface area contributed by atoms with Gasteiger partial charge in [-0.3, -0.25) is 4.79 Å². The molecule has 3 heteroatoms. The van der Waals surface area contributed by atoms with E-state index in [1.54, 1.807) is 6.92 Å². The molecule has 76 valence electrons. The second kappa shape index (κ2) is 3.69. The van der Waals surface area contributed by atoms with Crippen molar-refractivity contribution >= 4 is 0 Å². The number of nitrogens with one attached hydrogen (secondary N) is 1. The van der Waals surface area contributed by atoms with Gasteiger partial charge in [0.1, 0.15) is 5.82 Å². The Bertz CT molecular complexity index is 543. The first-order chi connectivity index (χ1) is 7.16. The number of H-pyrrole nitrogens is 1. The number of aromatic nitrogens is 2. The zero-order chi connectivity index (χ0) is 10.8. The van der Waals surface area contributed by atoms with E-state index in [9.17, 15) is 4.79 Å². The fourth-order valence-electron chi connectivity index (χ4n) is 1.58. The molecule has 1 aromatic heterocycles. The number of hydrogen-bond acceptors (Lipinski definition) is 2. The van der Waals surface area contributed by atoms with Crippen LogP contribution in [0.5, 0.6) is 0 Å². The van der Waals surface area contributed by atoms with E-state index in [1.165, 1.54) is 6.07 Å². The van der Waals surface area contributed by atoms with E-state index in [4.69, 9.17) is 0 Å². The summed E-state index contributed by atoms with van der Waals surface area (Å²) >= 11 is 0. The minimum absolute atomic E-state index is 0.110. The number of aromatic amines is 1. The maximum absolute atomic E-state index is 11.3. The van der Waals surface area contributed by atoms with Crippen molar-refractivity contribution in [3.63, 3.8) is 0 Å². The summed E-state index contributed by atoms with van der Waals surface area (Å²) in [6.07, 6.45) is 0. The summed E-state index contributed by atoms with van der Waals surface area (Å²) in [5.41, 5.74) is 2.75. The Labute approximate surface area is 87.8 Å². The van der Waals surface area contributed by atoms with E-state index in [-0.39, 0.29) is 5.56 Å². The topological polar surface area (TPSA) is 45.8 Å². The lowest BCUT2D eigenvalue weighted by molar-refractivity contribution is 1.02. The van der Waals surface area contributed by atoms with Crippen LogP contribution < -0.4 is 5.56 Å². The van der Waals surface area contributed by atoms with Gasteiger partial charge < -0.3 is 4.98 Å². The van der Waals surface area contributed by atoms with Gasteiger partial charge in [-0.2, -0.15) is 0 Å². The Hall–Kier alpha value is -1.90. The third-order valence-electron chi connectivity index (χ3n) is 2.28. The first-order valence-corrected chi connectivity index (χ1v) is 4.81. The molecule has 0 aliphatic heterocycles. The van der Waals surface area contributed by atoms with Crippen LogP contribution in [0.4, 0.5) is 0 Å². The van der Waals surface area contributed by atoms with Gasteiger partial charge in [0.2, 0.25) is 0 Å². The number of aryl methyl sites for hydroxylation is 2. The first kappa shape index (κ1) is 9.65. The van der Waals surface area contributed by atoms with Gasteiger partial charge in [-0.1, -0.05) is 24.3 Å². The number of benzene rings is 1. The predicted molar refractivity (Wildman–Crippen MR) is 59.8 cm³/mol. The molecule has 0 fully saturated rings. The van der Waals surface area contributed by atoms with Crippen LogP contribution in [0.1, 0.15) is 11.4 Å². The maximum Gasteiger partial charge on any atom is 0.251 e.